The van der Waals surface area contributed by atoms with E-state index < -0.39 is 6.04 Å². The van der Waals surface area contributed by atoms with Crippen molar-refractivity contribution in [2.45, 2.75) is 25.8 Å². The fourth-order valence-corrected chi connectivity index (χ4v) is 5.06. The first-order valence-electron chi connectivity index (χ1n) is 7.15. The number of hydrogen-bond donors (Lipinski definition) is 0. The minimum atomic E-state index is -0.554. The summed E-state index contributed by atoms with van der Waals surface area (Å²) >= 11 is 0. The Hall–Kier alpha value is -1.45. The van der Waals surface area contributed by atoms with Gasteiger partial charge in [-0.2, -0.15) is 0 Å². The number of nitrogens with zero attached hydrogens (tertiary/aromatic N) is 1. The fourth-order valence-electron chi connectivity index (χ4n) is 5.06. The number of rotatable bonds is 1. The lowest BCUT2D eigenvalue weighted by atomic mass is 9.73. The number of ketones is 1. The van der Waals surface area contributed by atoms with Crippen LogP contribution in [0.3, 0.4) is 0 Å². The number of carbonyl (C=O) groups is 1. The van der Waals surface area contributed by atoms with Gasteiger partial charge in [-0.15, -0.1) is 0 Å². The molecule has 4 heteroatoms. The minimum Gasteiger partial charge on any atom is -0.294 e. The quantitative estimate of drug-likeness (QED) is 0.412. The van der Waals surface area contributed by atoms with Crippen LogP contribution in [0.5, 0.6) is 0 Å². The predicted octanol–water partition coefficient (Wildman–Crippen LogP) is 2.24. The number of allylic oxidation sites excluding steroid dienone is 3. The van der Waals surface area contributed by atoms with Crippen LogP contribution in [0, 0.1) is 45.6 Å². The second kappa shape index (κ2) is 3.56. The highest BCUT2D eigenvalue weighted by Gasteiger charge is 2.62. The van der Waals surface area contributed by atoms with Gasteiger partial charge >= 0.3 is 0 Å². The smallest absolute Gasteiger partial charge is 0.220 e. The van der Waals surface area contributed by atoms with E-state index in [2.05, 4.69) is 12.2 Å². The zero-order valence-corrected chi connectivity index (χ0v) is 10.9. The van der Waals surface area contributed by atoms with Gasteiger partial charge in [-0.25, -0.2) is 0 Å². The van der Waals surface area contributed by atoms with Crippen molar-refractivity contribution in [3.8, 4) is 0 Å². The first kappa shape index (κ1) is 11.4. The molecule has 0 saturated heterocycles. The van der Waals surface area contributed by atoms with Gasteiger partial charge in [-0.05, 0) is 30.1 Å². The van der Waals surface area contributed by atoms with Crippen molar-refractivity contribution in [2.24, 2.45) is 35.5 Å². The third-order valence-electron chi connectivity index (χ3n) is 5.64. The van der Waals surface area contributed by atoms with E-state index in [0.29, 0.717) is 18.3 Å². The first-order chi connectivity index (χ1) is 9.08. The molecular weight excluding hydrogens is 242 g/mol. The Balaban J connectivity index is 1.82. The van der Waals surface area contributed by atoms with E-state index in [0.717, 1.165) is 12.0 Å². The molecule has 0 N–H and O–H groups in total. The summed E-state index contributed by atoms with van der Waals surface area (Å²) < 4.78 is 0. The lowest BCUT2D eigenvalue weighted by Gasteiger charge is -2.30. The fraction of sp³-hybridized carbons (Fsp3) is 0.667. The van der Waals surface area contributed by atoms with E-state index in [9.17, 15) is 14.9 Å². The molecular formula is C15H17NO3. The van der Waals surface area contributed by atoms with Gasteiger partial charge in [0.15, 0.2) is 5.78 Å². The molecule has 4 nitrogen and oxygen atoms in total. The van der Waals surface area contributed by atoms with Crippen molar-refractivity contribution < 1.29 is 9.72 Å². The number of nitro groups is 1. The molecule has 0 heterocycles. The summed E-state index contributed by atoms with van der Waals surface area (Å²) in [6.07, 6.45) is 7.98. The molecule has 4 aliphatic rings. The van der Waals surface area contributed by atoms with Crippen LogP contribution in [0.15, 0.2) is 23.8 Å². The molecule has 4 rings (SSSR count). The number of fused-ring (bicyclic) bond motifs is 7. The molecule has 19 heavy (non-hydrogen) atoms. The molecule has 2 bridgehead atoms. The van der Waals surface area contributed by atoms with Crippen molar-refractivity contribution in [3.63, 3.8) is 0 Å². The van der Waals surface area contributed by atoms with Gasteiger partial charge < -0.3 is 0 Å². The van der Waals surface area contributed by atoms with Crippen LogP contribution < -0.4 is 0 Å². The maximum Gasteiger partial charge on any atom is 0.220 e. The Labute approximate surface area is 111 Å². The summed E-state index contributed by atoms with van der Waals surface area (Å²) in [5.74, 6) is 1.22. The Morgan fingerprint density at radius 2 is 1.95 bits per heavy atom. The number of hydrogen-bond acceptors (Lipinski definition) is 3. The average molecular weight is 259 g/mol. The zero-order chi connectivity index (χ0) is 13.3. The van der Waals surface area contributed by atoms with Crippen molar-refractivity contribution in [1.82, 2.24) is 0 Å². The molecule has 100 valence electrons. The first-order valence-corrected chi connectivity index (χ1v) is 7.15. The number of Topliss-reactive ketones (excluding diaryl/α,β-unsaturated/α-hetero) is 1. The molecule has 0 amide bonds. The maximum atomic E-state index is 12.6. The van der Waals surface area contributed by atoms with E-state index in [1.807, 2.05) is 13.0 Å². The topological polar surface area (TPSA) is 60.2 Å². The van der Waals surface area contributed by atoms with Crippen LogP contribution in [0.25, 0.3) is 0 Å². The zero-order valence-electron chi connectivity index (χ0n) is 10.9. The molecule has 4 aliphatic carbocycles. The third kappa shape index (κ3) is 1.32. The van der Waals surface area contributed by atoms with E-state index in [1.165, 1.54) is 0 Å². The highest BCUT2D eigenvalue weighted by atomic mass is 16.6. The van der Waals surface area contributed by atoms with Gasteiger partial charge in [0, 0.05) is 22.8 Å². The third-order valence-corrected chi connectivity index (χ3v) is 5.64. The standard InChI is InChI=1S/C15H17NO3/c1-7-4-10-14(11(5-7)16(18)19)12-8-2-3-9(6-8)13(12)15(10)17/h2-4,7-9,11-14H,5-6H2,1H3/t7-,8+,9-,11-,12+,13-,14-/m1/s1. The lowest BCUT2D eigenvalue weighted by molar-refractivity contribution is -0.534. The van der Waals surface area contributed by atoms with E-state index in [4.69, 9.17) is 0 Å². The van der Waals surface area contributed by atoms with Crippen LogP contribution in [0.2, 0.25) is 0 Å². The second-order valence-electron chi connectivity index (χ2n) is 6.63. The Morgan fingerprint density at radius 1 is 1.21 bits per heavy atom. The Bertz CT molecular complexity index is 536. The summed E-state index contributed by atoms with van der Waals surface area (Å²) in [6.45, 7) is 1.98. The highest BCUT2D eigenvalue weighted by molar-refractivity contribution is 6.01. The van der Waals surface area contributed by atoms with Crippen molar-refractivity contribution in [1.29, 1.82) is 0 Å². The summed E-state index contributed by atoms with van der Waals surface area (Å²) in [6, 6.07) is -0.554. The van der Waals surface area contributed by atoms with Gasteiger partial charge in [0.2, 0.25) is 6.04 Å². The Morgan fingerprint density at radius 3 is 2.68 bits per heavy atom. The van der Waals surface area contributed by atoms with Crippen molar-refractivity contribution in [3.05, 3.63) is 33.9 Å². The minimum absolute atomic E-state index is 0.0407. The molecule has 2 fully saturated rings. The molecule has 0 aromatic heterocycles. The Kier molecular flexibility index (Phi) is 2.13. The molecule has 7 atom stereocenters. The molecule has 0 aliphatic heterocycles. The number of carbonyl (C=O) groups excluding carboxylic acids is 1. The summed E-state index contributed by atoms with van der Waals surface area (Å²) in [4.78, 5) is 23.9. The van der Waals surface area contributed by atoms with Crippen LogP contribution in [-0.2, 0) is 4.79 Å². The van der Waals surface area contributed by atoms with Crippen LogP contribution in [-0.4, -0.2) is 16.7 Å². The van der Waals surface area contributed by atoms with Gasteiger partial charge in [0.1, 0.15) is 0 Å². The van der Waals surface area contributed by atoms with Gasteiger partial charge in [0.05, 0.1) is 5.92 Å². The molecule has 0 aromatic rings. The molecule has 0 radical (unpaired) electrons. The average Bonchev–Trinajstić information content (AvgIpc) is 3.02. The monoisotopic (exact) mass is 259 g/mol. The van der Waals surface area contributed by atoms with E-state index in [-0.39, 0.29) is 34.4 Å². The van der Waals surface area contributed by atoms with Crippen LogP contribution in [0.1, 0.15) is 19.8 Å². The maximum absolute atomic E-state index is 12.6. The lowest BCUT2D eigenvalue weighted by Crippen LogP contribution is -2.38. The summed E-state index contributed by atoms with van der Waals surface area (Å²) in [5, 5.41) is 11.4. The molecule has 0 aromatic carbocycles. The van der Waals surface area contributed by atoms with Crippen LogP contribution >= 0.6 is 0 Å². The summed E-state index contributed by atoms with van der Waals surface area (Å²) in [7, 11) is 0. The van der Waals surface area contributed by atoms with Crippen LogP contribution in [0.4, 0.5) is 0 Å². The largest absolute Gasteiger partial charge is 0.294 e. The second-order valence-corrected chi connectivity index (χ2v) is 6.63. The van der Waals surface area contributed by atoms with Crippen molar-refractivity contribution >= 4 is 5.78 Å². The predicted molar refractivity (Wildman–Crippen MR) is 68.9 cm³/mol. The van der Waals surface area contributed by atoms with Gasteiger partial charge in [-0.3, -0.25) is 14.9 Å². The highest BCUT2D eigenvalue weighted by Crippen LogP contribution is 2.60. The van der Waals surface area contributed by atoms with E-state index in [1.54, 1.807) is 0 Å². The molecule has 2 saturated carbocycles. The SMILES string of the molecule is C[C@@H]1C=C2C(=O)[C@H]3[C@@H]([C@H]2[C@H]([N+](=O)[O-])C1)[C@H]1C=C[C@@H]3C1. The summed E-state index contributed by atoms with van der Waals surface area (Å²) in [5.41, 5.74) is 0.786. The van der Waals surface area contributed by atoms with Gasteiger partial charge in [0.25, 0.3) is 0 Å². The van der Waals surface area contributed by atoms with Crippen molar-refractivity contribution in [2.75, 3.05) is 0 Å². The molecule has 0 unspecified atom stereocenters. The normalized spacial score (nSPS) is 50.1. The van der Waals surface area contributed by atoms with Gasteiger partial charge in [-0.1, -0.05) is 25.2 Å². The van der Waals surface area contributed by atoms with E-state index >= 15 is 0 Å². The molecule has 0 spiro atoms.